The number of carboxylic acid groups (broad SMARTS) is 1. The highest BCUT2D eigenvalue weighted by molar-refractivity contribution is 7.20. The lowest BCUT2D eigenvalue weighted by Crippen LogP contribution is -2.35. The molecular formula is C12H15Cl2NO3S. The largest absolute Gasteiger partial charge is 0.481 e. The topological polar surface area (TPSA) is 57.6 Å². The zero-order valence-electron chi connectivity index (χ0n) is 10.7. The van der Waals surface area contributed by atoms with Crippen molar-refractivity contribution >= 4 is 46.4 Å². The SMILES string of the molecule is CC(C)CN(CCC(=O)O)C(=O)c1cc(Cl)sc1Cl. The summed E-state index contributed by atoms with van der Waals surface area (Å²) in [5, 5.41) is 8.72. The Morgan fingerprint density at radius 1 is 1.42 bits per heavy atom. The number of thiophene rings is 1. The van der Waals surface area contributed by atoms with Gasteiger partial charge in [0, 0.05) is 13.1 Å². The third-order valence-corrected chi connectivity index (χ3v) is 3.84. The van der Waals surface area contributed by atoms with Gasteiger partial charge in [-0.2, -0.15) is 0 Å². The maximum absolute atomic E-state index is 12.3. The van der Waals surface area contributed by atoms with Gasteiger partial charge in [-0.05, 0) is 12.0 Å². The molecule has 1 N–H and O–H groups in total. The van der Waals surface area contributed by atoms with Crippen LogP contribution in [0, 0.1) is 5.92 Å². The molecule has 0 radical (unpaired) electrons. The highest BCUT2D eigenvalue weighted by atomic mass is 35.5. The number of hydrogen-bond donors (Lipinski definition) is 1. The second-order valence-electron chi connectivity index (χ2n) is 4.53. The van der Waals surface area contributed by atoms with Gasteiger partial charge in [-0.15, -0.1) is 11.3 Å². The van der Waals surface area contributed by atoms with Crippen LogP contribution < -0.4 is 0 Å². The molecule has 1 rings (SSSR count). The van der Waals surface area contributed by atoms with Gasteiger partial charge in [0.05, 0.1) is 16.3 Å². The lowest BCUT2D eigenvalue weighted by atomic mass is 10.2. The van der Waals surface area contributed by atoms with Crippen LogP contribution in [0.5, 0.6) is 0 Å². The molecule has 4 nitrogen and oxygen atoms in total. The number of amides is 1. The van der Waals surface area contributed by atoms with Crippen molar-refractivity contribution in [2.75, 3.05) is 13.1 Å². The summed E-state index contributed by atoms with van der Waals surface area (Å²) >= 11 is 12.9. The molecule has 19 heavy (non-hydrogen) atoms. The monoisotopic (exact) mass is 323 g/mol. The summed E-state index contributed by atoms with van der Waals surface area (Å²) in [5.41, 5.74) is 0.336. The van der Waals surface area contributed by atoms with E-state index in [9.17, 15) is 9.59 Å². The van der Waals surface area contributed by atoms with E-state index in [1.165, 1.54) is 11.0 Å². The van der Waals surface area contributed by atoms with Gasteiger partial charge in [0.2, 0.25) is 0 Å². The van der Waals surface area contributed by atoms with Gasteiger partial charge >= 0.3 is 5.97 Å². The molecule has 0 saturated carbocycles. The predicted molar refractivity (Wildman–Crippen MR) is 77.3 cm³/mol. The molecule has 0 atom stereocenters. The Labute approximate surface area is 125 Å². The summed E-state index contributed by atoms with van der Waals surface area (Å²) in [5.74, 6) is -0.968. The summed E-state index contributed by atoms with van der Waals surface area (Å²) in [6.45, 7) is 4.57. The Balaban J connectivity index is 2.86. The second kappa shape index (κ2) is 7.12. The minimum atomic E-state index is -0.934. The molecule has 0 aliphatic carbocycles. The number of carboxylic acids is 1. The van der Waals surface area contributed by atoms with E-state index in [1.54, 1.807) is 0 Å². The van der Waals surface area contributed by atoms with E-state index < -0.39 is 5.97 Å². The Morgan fingerprint density at radius 3 is 2.47 bits per heavy atom. The minimum Gasteiger partial charge on any atom is -0.481 e. The molecule has 0 spiro atoms. The lowest BCUT2D eigenvalue weighted by Gasteiger charge is -2.23. The Kier molecular flexibility index (Phi) is 6.10. The highest BCUT2D eigenvalue weighted by Crippen LogP contribution is 2.32. The van der Waals surface area contributed by atoms with Crippen molar-refractivity contribution in [1.82, 2.24) is 4.90 Å². The van der Waals surface area contributed by atoms with Crippen molar-refractivity contribution in [2.45, 2.75) is 20.3 Å². The summed E-state index contributed by atoms with van der Waals surface area (Å²) < 4.78 is 0.773. The van der Waals surface area contributed by atoms with Crippen molar-refractivity contribution in [3.8, 4) is 0 Å². The smallest absolute Gasteiger partial charge is 0.305 e. The molecule has 0 aliphatic rings. The molecule has 0 fully saturated rings. The zero-order chi connectivity index (χ0) is 14.6. The van der Waals surface area contributed by atoms with E-state index in [4.69, 9.17) is 28.3 Å². The Morgan fingerprint density at radius 2 is 2.05 bits per heavy atom. The average molecular weight is 324 g/mol. The third kappa shape index (κ3) is 5.01. The van der Waals surface area contributed by atoms with Crippen molar-refractivity contribution in [2.24, 2.45) is 5.92 Å². The summed E-state index contributed by atoms with van der Waals surface area (Å²) in [4.78, 5) is 24.5. The number of halogens is 2. The average Bonchev–Trinajstić information content (AvgIpc) is 2.62. The number of rotatable bonds is 6. The van der Waals surface area contributed by atoms with E-state index in [0.717, 1.165) is 11.3 Å². The van der Waals surface area contributed by atoms with Crippen LogP contribution >= 0.6 is 34.5 Å². The number of hydrogen-bond acceptors (Lipinski definition) is 3. The van der Waals surface area contributed by atoms with E-state index in [1.807, 2.05) is 13.8 Å². The van der Waals surface area contributed by atoms with Crippen LogP contribution in [0.3, 0.4) is 0 Å². The first-order chi connectivity index (χ1) is 8.81. The Bertz CT molecular complexity index is 474. The first kappa shape index (κ1) is 16.3. The van der Waals surface area contributed by atoms with Gasteiger partial charge in [-0.25, -0.2) is 0 Å². The zero-order valence-corrected chi connectivity index (χ0v) is 13.0. The van der Waals surface area contributed by atoms with Crippen LogP contribution in [0.4, 0.5) is 0 Å². The van der Waals surface area contributed by atoms with Gasteiger partial charge < -0.3 is 10.0 Å². The Hall–Kier alpha value is -0.780. The van der Waals surface area contributed by atoms with Gasteiger partial charge in [0.25, 0.3) is 5.91 Å². The number of aliphatic carboxylic acids is 1. The van der Waals surface area contributed by atoms with Crippen LogP contribution in [0.15, 0.2) is 6.07 Å². The van der Waals surface area contributed by atoms with Crippen molar-refractivity contribution in [1.29, 1.82) is 0 Å². The van der Waals surface area contributed by atoms with E-state index >= 15 is 0 Å². The standard InChI is InChI=1S/C12H15Cl2NO3S/c1-7(2)6-15(4-3-10(16)17)12(18)8-5-9(13)19-11(8)14/h5,7H,3-4,6H2,1-2H3,(H,16,17). The molecule has 106 valence electrons. The van der Waals surface area contributed by atoms with Gasteiger partial charge in [-0.1, -0.05) is 37.0 Å². The lowest BCUT2D eigenvalue weighted by molar-refractivity contribution is -0.137. The molecule has 1 aromatic heterocycles. The molecule has 0 unspecified atom stereocenters. The van der Waals surface area contributed by atoms with Crippen molar-refractivity contribution in [3.05, 3.63) is 20.3 Å². The fourth-order valence-electron chi connectivity index (χ4n) is 1.60. The molecule has 0 saturated heterocycles. The van der Waals surface area contributed by atoms with Crippen LogP contribution in [0.25, 0.3) is 0 Å². The number of nitrogens with zero attached hydrogens (tertiary/aromatic N) is 1. The molecule has 0 aliphatic heterocycles. The van der Waals surface area contributed by atoms with E-state index in [-0.39, 0.29) is 24.8 Å². The third-order valence-electron chi connectivity index (χ3n) is 2.36. The minimum absolute atomic E-state index is 0.0893. The first-order valence-electron chi connectivity index (χ1n) is 5.77. The number of carbonyl (C=O) groups excluding carboxylic acids is 1. The molecule has 1 amide bonds. The summed E-state index contributed by atoms with van der Waals surface area (Å²) in [6, 6.07) is 1.52. The number of carbonyl (C=O) groups is 2. The van der Waals surface area contributed by atoms with E-state index in [2.05, 4.69) is 0 Å². The van der Waals surface area contributed by atoms with E-state index in [0.29, 0.717) is 20.8 Å². The van der Waals surface area contributed by atoms with Crippen LogP contribution in [-0.2, 0) is 4.79 Å². The molecule has 1 heterocycles. The first-order valence-corrected chi connectivity index (χ1v) is 7.34. The van der Waals surface area contributed by atoms with Gasteiger partial charge in [0.15, 0.2) is 0 Å². The maximum atomic E-state index is 12.3. The summed E-state index contributed by atoms with van der Waals surface area (Å²) in [6.07, 6.45) is -0.0893. The van der Waals surface area contributed by atoms with Gasteiger partial charge in [0.1, 0.15) is 4.34 Å². The molecule has 7 heteroatoms. The van der Waals surface area contributed by atoms with Crippen LogP contribution in [0.1, 0.15) is 30.6 Å². The molecule has 0 bridgehead atoms. The summed E-state index contributed by atoms with van der Waals surface area (Å²) in [7, 11) is 0. The quantitative estimate of drug-likeness (QED) is 0.869. The normalized spacial score (nSPS) is 10.8. The fraction of sp³-hybridized carbons (Fsp3) is 0.500. The van der Waals surface area contributed by atoms with Crippen molar-refractivity contribution in [3.63, 3.8) is 0 Å². The predicted octanol–water partition coefficient (Wildman–Crippen LogP) is 3.63. The highest BCUT2D eigenvalue weighted by Gasteiger charge is 2.22. The van der Waals surface area contributed by atoms with Crippen LogP contribution in [-0.4, -0.2) is 35.0 Å². The van der Waals surface area contributed by atoms with Gasteiger partial charge in [-0.3, -0.25) is 9.59 Å². The molecule has 0 aromatic carbocycles. The fourth-order valence-corrected chi connectivity index (χ4v) is 3.05. The second-order valence-corrected chi connectivity index (χ2v) is 6.81. The van der Waals surface area contributed by atoms with Crippen LogP contribution in [0.2, 0.25) is 8.67 Å². The molecule has 1 aromatic rings. The van der Waals surface area contributed by atoms with Crippen molar-refractivity contribution < 1.29 is 14.7 Å². The maximum Gasteiger partial charge on any atom is 0.305 e. The molecular weight excluding hydrogens is 309 g/mol.